The molecule has 13 heteroatoms. The maximum atomic E-state index is 14.6. The topological polar surface area (TPSA) is 156 Å². The van der Waals surface area contributed by atoms with Crippen molar-refractivity contribution < 1.29 is 43.6 Å². The number of esters is 1. The molecule has 3 saturated heterocycles. The molecule has 2 bridgehead atoms. The minimum Gasteiger partial charge on any atom is -0.458 e. The Bertz CT molecular complexity index is 1220. The molecule has 3 aliphatic heterocycles. The van der Waals surface area contributed by atoms with Gasteiger partial charge in [-0.3, -0.25) is 19.2 Å². The van der Waals surface area contributed by atoms with Crippen molar-refractivity contribution in [3.8, 4) is 0 Å². The maximum Gasteiger partial charge on any atom is 0.327 e. The predicted molar refractivity (Wildman–Crippen MR) is 175 cm³/mol. The lowest BCUT2D eigenvalue weighted by Crippen LogP contribution is -2.71. The van der Waals surface area contributed by atoms with Gasteiger partial charge in [0.25, 0.3) is 0 Å². The lowest BCUT2D eigenvalue weighted by atomic mass is 9.62. The summed E-state index contributed by atoms with van der Waals surface area (Å²) >= 11 is 2.22. The molecule has 1 saturated carbocycles. The molecule has 1 aromatic rings. The second-order valence-corrected chi connectivity index (χ2v) is 14.3. The zero-order valence-corrected chi connectivity index (χ0v) is 29.1. The Kier molecular flexibility index (Phi) is 11.6. The highest BCUT2D eigenvalue weighted by Crippen LogP contribution is 2.58. The minimum atomic E-state index is -1.49. The molecular formula is C33H48IN3O9. The SMILES string of the molecule is CCCCCC1(CCCCC)O[C@@H]2[C@H](O1)[C@H]1ON(Cc3ccc(I)cc3)[C@H]3C(=O)O[C@@H]2C[C@@]13C(=O)N[C@@H](C(=O)NCCO)[C@H](C)O. The molecule has 4 fully saturated rings. The highest BCUT2D eigenvalue weighted by Gasteiger charge is 2.76. The zero-order chi connectivity index (χ0) is 33.1. The third-order valence-corrected chi connectivity index (χ3v) is 10.4. The van der Waals surface area contributed by atoms with Gasteiger partial charge in [0, 0.05) is 29.4 Å². The van der Waals surface area contributed by atoms with E-state index in [-0.39, 0.29) is 26.1 Å². The standard InChI is InChI=1S/C33H48IN3O9/c1-4-6-8-14-32(15-9-7-5-2)44-25-23-18-33(31(42)36-24(20(3)39)29(40)35-16-17-38)27(30(41)43-23)37(46-28(33)26(25)45-32)19-21-10-12-22(34)13-11-21/h10-13,20,23-28,38-39H,4-9,14-19H2,1-3H3,(H,35,40)(H,36,42)/t20-,23+,24+,25-,26-,27-,28+,33-/m0/s1. The van der Waals surface area contributed by atoms with E-state index in [1.165, 1.54) is 12.0 Å². The fraction of sp³-hybridized carbons (Fsp3) is 0.727. The summed E-state index contributed by atoms with van der Waals surface area (Å²) in [6.45, 7) is 5.56. The van der Waals surface area contributed by atoms with E-state index in [2.05, 4.69) is 47.1 Å². The Morgan fingerprint density at radius 2 is 1.72 bits per heavy atom. The summed E-state index contributed by atoms with van der Waals surface area (Å²) in [5.41, 5.74) is -0.607. The number of hydrogen-bond acceptors (Lipinski definition) is 10. The van der Waals surface area contributed by atoms with Crippen molar-refractivity contribution in [1.29, 1.82) is 0 Å². The van der Waals surface area contributed by atoms with Gasteiger partial charge in [-0.15, -0.1) is 0 Å². The molecule has 1 aliphatic carbocycles. The van der Waals surface area contributed by atoms with Crippen LogP contribution in [0.2, 0.25) is 0 Å². The third-order valence-electron chi connectivity index (χ3n) is 9.71. The van der Waals surface area contributed by atoms with Gasteiger partial charge in [-0.2, -0.15) is 5.06 Å². The summed E-state index contributed by atoms with van der Waals surface area (Å²) in [6, 6.07) is 5.35. The van der Waals surface area contributed by atoms with Crippen molar-refractivity contribution in [2.75, 3.05) is 13.2 Å². The summed E-state index contributed by atoms with van der Waals surface area (Å²) < 4.78 is 20.8. The number of unbranched alkanes of at least 4 members (excludes halogenated alkanes) is 4. The summed E-state index contributed by atoms with van der Waals surface area (Å²) in [7, 11) is 0. The van der Waals surface area contributed by atoms with E-state index in [4.69, 9.17) is 19.0 Å². The number of rotatable bonds is 16. The zero-order valence-electron chi connectivity index (χ0n) is 26.9. The number of nitrogens with zero attached hydrogens (tertiary/aromatic N) is 1. The third kappa shape index (κ3) is 6.96. The quantitative estimate of drug-likeness (QED) is 0.112. The number of benzene rings is 1. The van der Waals surface area contributed by atoms with Crippen LogP contribution in [0.15, 0.2) is 24.3 Å². The molecule has 0 unspecified atom stereocenters. The van der Waals surface area contributed by atoms with Crippen LogP contribution in [0.3, 0.4) is 0 Å². The highest BCUT2D eigenvalue weighted by atomic mass is 127. The molecule has 4 N–H and O–H groups in total. The van der Waals surface area contributed by atoms with Crippen LogP contribution in [0.4, 0.5) is 0 Å². The Morgan fingerprint density at radius 1 is 1.07 bits per heavy atom. The number of carbonyl (C=O) groups excluding carboxylic acids is 3. The lowest BCUT2D eigenvalue weighted by molar-refractivity contribution is -0.224. The lowest BCUT2D eigenvalue weighted by Gasteiger charge is -2.49. The van der Waals surface area contributed by atoms with Gasteiger partial charge in [-0.25, -0.2) is 0 Å². The van der Waals surface area contributed by atoms with Gasteiger partial charge in [-0.05, 0) is 60.1 Å². The van der Waals surface area contributed by atoms with E-state index in [9.17, 15) is 24.6 Å². The van der Waals surface area contributed by atoms with Crippen LogP contribution in [0, 0.1) is 8.99 Å². The van der Waals surface area contributed by atoms with E-state index in [0.29, 0.717) is 12.8 Å². The number of carbonyl (C=O) groups is 3. The summed E-state index contributed by atoms with van der Waals surface area (Å²) in [4.78, 5) is 48.1. The van der Waals surface area contributed by atoms with Gasteiger partial charge in [0.15, 0.2) is 11.8 Å². The minimum absolute atomic E-state index is 0.0390. The molecule has 8 atom stereocenters. The average Bonchev–Trinajstić information content (AvgIpc) is 3.58. The number of fused-ring (bicyclic) bond motifs is 4. The van der Waals surface area contributed by atoms with E-state index in [1.54, 1.807) is 0 Å². The normalized spacial score (nSPS) is 30.7. The van der Waals surface area contributed by atoms with Crippen LogP contribution in [0.5, 0.6) is 0 Å². The number of halogens is 1. The Labute approximate surface area is 284 Å². The van der Waals surface area contributed by atoms with Crippen molar-refractivity contribution in [1.82, 2.24) is 15.7 Å². The van der Waals surface area contributed by atoms with Gasteiger partial charge in [-0.1, -0.05) is 51.7 Å². The first-order chi connectivity index (χ1) is 22.1. The highest BCUT2D eigenvalue weighted by molar-refractivity contribution is 14.1. The van der Waals surface area contributed by atoms with Crippen LogP contribution < -0.4 is 10.6 Å². The number of amides is 2. The number of ether oxygens (including phenoxy) is 3. The Balaban J connectivity index is 1.52. The first kappa shape index (κ1) is 35.4. The van der Waals surface area contributed by atoms with Crippen molar-refractivity contribution in [2.45, 2.75) is 133 Å². The van der Waals surface area contributed by atoms with Crippen LogP contribution >= 0.6 is 22.6 Å². The molecular weight excluding hydrogens is 709 g/mol. The van der Waals surface area contributed by atoms with Crippen molar-refractivity contribution in [3.05, 3.63) is 33.4 Å². The molecule has 1 aromatic carbocycles. The molecule has 0 radical (unpaired) electrons. The fourth-order valence-electron chi connectivity index (χ4n) is 7.44. The van der Waals surface area contributed by atoms with Crippen molar-refractivity contribution in [3.63, 3.8) is 0 Å². The summed E-state index contributed by atoms with van der Waals surface area (Å²) in [5.74, 6) is -2.74. The Hall–Kier alpha value is -1.88. The molecule has 4 aliphatic rings. The largest absolute Gasteiger partial charge is 0.458 e. The molecule has 3 heterocycles. The second-order valence-electron chi connectivity index (χ2n) is 13.0. The van der Waals surface area contributed by atoms with Gasteiger partial charge in [0.05, 0.1) is 19.3 Å². The summed E-state index contributed by atoms with van der Waals surface area (Å²) in [5, 5.41) is 26.5. The van der Waals surface area contributed by atoms with Crippen LogP contribution in [-0.2, 0) is 40.0 Å². The van der Waals surface area contributed by atoms with Crippen LogP contribution in [-0.4, -0.2) is 94.6 Å². The second kappa shape index (κ2) is 15.1. The molecule has 5 rings (SSSR count). The summed E-state index contributed by atoms with van der Waals surface area (Å²) in [6.07, 6.45) is 3.14. The van der Waals surface area contributed by atoms with Crippen molar-refractivity contribution >= 4 is 40.4 Å². The molecule has 0 spiro atoms. The first-order valence-electron chi connectivity index (χ1n) is 16.7. The van der Waals surface area contributed by atoms with E-state index >= 15 is 0 Å². The van der Waals surface area contributed by atoms with Gasteiger partial charge >= 0.3 is 5.97 Å². The maximum absolute atomic E-state index is 14.6. The molecule has 256 valence electrons. The van der Waals surface area contributed by atoms with E-state index in [0.717, 1.165) is 47.7 Å². The number of hydroxylamine groups is 2. The van der Waals surface area contributed by atoms with Crippen LogP contribution in [0.1, 0.15) is 84.1 Å². The first-order valence-corrected chi connectivity index (χ1v) is 17.8. The van der Waals surface area contributed by atoms with Crippen molar-refractivity contribution in [2.24, 2.45) is 5.41 Å². The molecule has 12 nitrogen and oxygen atoms in total. The van der Waals surface area contributed by atoms with E-state index < -0.39 is 71.6 Å². The van der Waals surface area contributed by atoms with Gasteiger partial charge in [0.2, 0.25) is 11.8 Å². The number of aliphatic hydroxyl groups is 2. The number of hydrogen-bond donors (Lipinski definition) is 4. The number of aliphatic hydroxyl groups excluding tert-OH is 2. The van der Waals surface area contributed by atoms with Gasteiger partial charge < -0.3 is 35.1 Å². The van der Waals surface area contributed by atoms with E-state index in [1.807, 2.05) is 24.3 Å². The molecule has 0 aromatic heterocycles. The smallest absolute Gasteiger partial charge is 0.327 e. The number of nitrogens with one attached hydrogen (secondary N) is 2. The molecule has 2 amide bonds. The molecule has 46 heavy (non-hydrogen) atoms. The average molecular weight is 758 g/mol. The Morgan fingerprint density at radius 3 is 2.33 bits per heavy atom. The van der Waals surface area contributed by atoms with Crippen LogP contribution in [0.25, 0.3) is 0 Å². The fourth-order valence-corrected chi connectivity index (χ4v) is 7.80. The van der Waals surface area contributed by atoms with Gasteiger partial charge in [0.1, 0.15) is 35.9 Å². The predicted octanol–water partition coefficient (Wildman–Crippen LogP) is 2.71. The monoisotopic (exact) mass is 757 g/mol.